The van der Waals surface area contributed by atoms with Gasteiger partial charge in [-0.25, -0.2) is 0 Å². The van der Waals surface area contributed by atoms with Crippen molar-refractivity contribution in [3.05, 3.63) is 134 Å². The standard InChI is InChI=1S/C75H124O6/c1-4-7-10-13-16-19-22-25-28-30-32-33-34-35-36-37-38-39-40-41-43-44-47-50-53-56-59-62-65-68-74(77)80-71-72(70-79-73(76)67-64-61-58-55-52-49-46-27-24-21-18-15-12-9-6-3)81-75(78)69-66-63-60-57-54-51-48-45-42-31-29-26-23-20-17-14-11-8-5-2/h7,9-10,12,16-21,25-29,32-33,46,52,55,61,64,72H,4-6,8,11,13-15,22-24,30-31,34-45,47-51,53-54,56-60,62-63,65-71H2,1-3H3/b10-7-,12-9-,19-16-,20-17-,21-18-,28-25-,29-26-,33-32-,46-27-,55-52-,64-61-. The normalized spacial score (nSPS) is 13.0. The first-order valence-corrected chi connectivity index (χ1v) is 33.7. The van der Waals surface area contributed by atoms with Crippen molar-refractivity contribution < 1.29 is 28.6 Å². The lowest BCUT2D eigenvalue weighted by molar-refractivity contribution is -0.166. The van der Waals surface area contributed by atoms with E-state index in [2.05, 4.69) is 142 Å². The lowest BCUT2D eigenvalue weighted by Crippen LogP contribution is -2.30. The average Bonchev–Trinajstić information content (AvgIpc) is 3.47. The van der Waals surface area contributed by atoms with Crippen molar-refractivity contribution in [3.8, 4) is 0 Å². The number of hydrogen-bond donors (Lipinski definition) is 0. The Morgan fingerprint density at radius 2 is 0.531 bits per heavy atom. The van der Waals surface area contributed by atoms with E-state index in [9.17, 15) is 14.4 Å². The number of allylic oxidation sites excluding steroid dienone is 21. The molecule has 0 heterocycles. The molecule has 0 aliphatic carbocycles. The Morgan fingerprint density at radius 1 is 0.272 bits per heavy atom. The van der Waals surface area contributed by atoms with Gasteiger partial charge in [-0.15, -0.1) is 0 Å². The minimum atomic E-state index is -0.825. The van der Waals surface area contributed by atoms with Gasteiger partial charge in [0, 0.05) is 12.8 Å². The molecule has 0 aliphatic rings. The van der Waals surface area contributed by atoms with E-state index < -0.39 is 12.1 Å². The maximum Gasteiger partial charge on any atom is 0.309 e. The molecule has 0 saturated heterocycles. The molecular weight excluding hydrogens is 997 g/mol. The summed E-state index contributed by atoms with van der Waals surface area (Å²) in [4.78, 5) is 38.3. The predicted molar refractivity (Wildman–Crippen MR) is 353 cm³/mol. The van der Waals surface area contributed by atoms with E-state index in [-0.39, 0.29) is 31.6 Å². The van der Waals surface area contributed by atoms with E-state index in [0.717, 1.165) is 103 Å². The summed E-state index contributed by atoms with van der Waals surface area (Å²) in [6.45, 7) is 6.32. The Balaban J connectivity index is 4.34. The van der Waals surface area contributed by atoms with Gasteiger partial charge in [0.05, 0.1) is 6.42 Å². The number of hydrogen-bond acceptors (Lipinski definition) is 6. The molecule has 0 aromatic rings. The first-order chi connectivity index (χ1) is 40.0. The maximum absolute atomic E-state index is 12.9. The van der Waals surface area contributed by atoms with Crippen LogP contribution in [0.1, 0.15) is 303 Å². The second-order valence-corrected chi connectivity index (χ2v) is 22.0. The number of ether oxygens (including phenoxy) is 3. The molecule has 0 bridgehead atoms. The highest BCUT2D eigenvalue weighted by Crippen LogP contribution is 2.16. The van der Waals surface area contributed by atoms with Gasteiger partial charge in [-0.2, -0.15) is 0 Å². The van der Waals surface area contributed by atoms with E-state index in [1.54, 1.807) is 6.08 Å². The van der Waals surface area contributed by atoms with Gasteiger partial charge in [-0.05, 0) is 116 Å². The third-order valence-electron chi connectivity index (χ3n) is 14.2. The summed E-state index contributed by atoms with van der Waals surface area (Å²) in [6, 6.07) is 0. The van der Waals surface area contributed by atoms with Gasteiger partial charge in [0.15, 0.2) is 6.10 Å². The van der Waals surface area contributed by atoms with Gasteiger partial charge >= 0.3 is 17.9 Å². The molecule has 0 spiro atoms. The minimum Gasteiger partial charge on any atom is -0.462 e. The summed E-state index contributed by atoms with van der Waals surface area (Å²) in [5.41, 5.74) is 0. The van der Waals surface area contributed by atoms with E-state index >= 15 is 0 Å². The van der Waals surface area contributed by atoms with Gasteiger partial charge in [-0.3, -0.25) is 14.4 Å². The molecule has 0 saturated carbocycles. The SMILES string of the molecule is CC/C=C\C/C=C\C/C=C\C/C=C\C/C=C\CC(=O)OCC(COC(=O)CCCCCCCCCCCCCCCCCC/C=C\C/C=C\C/C=C\C/C=C\CC)OC(=O)CCCCCCCCCCC/C=C\C/C=C\CCCCC. The molecule has 6 heteroatoms. The molecular formula is C75H124O6. The van der Waals surface area contributed by atoms with Gasteiger partial charge in [-0.1, -0.05) is 302 Å². The first kappa shape index (κ1) is 76.5. The largest absolute Gasteiger partial charge is 0.462 e. The molecule has 0 aliphatic heterocycles. The molecule has 0 aromatic carbocycles. The van der Waals surface area contributed by atoms with Crippen LogP contribution in [0.5, 0.6) is 0 Å². The topological polar surface area (TPSA) is 78.9 Å². The molecule has 0 aromatic heterocycles. The molecule has 81 heavy (non-hydrogen) atoms. The second kappa shape index (κ2) is 68.1. The molecule has 6 nitrogen and oxygen atoms in total. The summed E-state index contributed by atoms with van der Waals surface area (Å²) in [5.74, 6) is -1.04. The molecule has 0 N–H and O–H groups in total. The molecule has 1 unspecified atom stereocenters. The molecule has 0 amide bonds. The Bertz CT molecular complexity index is 1720. The summed E-state index contributed by atoms with van der Waals surface area (Å²) in [5, 5.41) is 0. The summed E-state index contributed by atoms with van der Waals surface area (Å²) in [6.07, 6.45) is 96.4. The lowest BCUT2D eigenvalue weighted by Gasteiger charge is -2.18. The second-order valence-electron chi connectivity index (χ2n) is 22.0. The molecule has 1 atom stereocenters. The Labute approximate surface area is 500 Å². The van der Waals surface area contributed by atoms with Crippen LogP contribution in [0.15, 0.2) is 134 Å². The smallest absolute Gasteiger partial charge is 0.309 e. The van der Waals surface area contributed by atoms with E-state index in [1.807, 2.05) is 6.08 Å². The van der Waals surface area contributed by atoms with Gasteiger partial charge in [0.2, 0.25) is 0 Å². The molecule has 0 radical (unpaired) electrons. The zero-order valence-corrected chi connectivity index (χ0v) is 52.8. The van der Waals surface area contributed by atoms with Crippen molar-refractivity contribution >= 4 is 17.9 Å². The predicted octanol–water partition coefficient (Wildman–Crippen LogP) is 23.3. The Hall–Kier alpha value is -4.45. The number of unbranched alkanes of at least 4 members (excludes halogenated alkanes) is 28. The highest BCUT2D eigenvalue weighted by molar-refractivity contribution is 5.72. The number of carbonyl (C=O) groups excluding carboxylic acids is 3. The fourth-order valence-corrected chi connectivity index (χ4v) is 9.19. The van der Waals surface area contributed by atoms with Gasteiger partial charge in [0.1, 0.15) is 13.2 Å². The fraction of sp³-hybridized carbons (Fsp3) is 0.667. The summed E-state index contributed by atoms with van der Waals surface area (Å²) in [7, 11) is 0. The van der Waals surface area contributed by atoms with Crippen LogP contribution < -0.4 is 0 Å². The molecule has 0 fully saturated rings. The Kier molecular flexibility index (Phi) is 64.3. The van der Waals surface area contributed by atoms with Crippen LogP contribution in [0.4, 0.5) is 0 Å². The van der Waals surface area contributed by atoms with Crippen LogP contribution in [-0.2, 0) is 28.6 Å². The molecule has 460 valence electrons. The minimum absolute atomic E-state index is 0.111. The first-order valence-electron chi connectivity index (χ1n) is 33.7. The zero-order chi connectivity index (χ0) is 58.5. The average molecular weight is 1120 g/mol. The third-order valence-corrected chi connectivity index (χ3v) is 14.2. The summed E-state index contributed by atoms with van der Waals surface area (Å²) >= 11 is 0. The number of rotatable bonds is 60. The quantitative estimate of drug-likeness (QED) is 0.0261. The van der Waals surface area contributed by atoms with E-state index in [1.165, 1.54) is 161 Å². The van der Waals surface area contributed by atoms with Gasteiger partial charge in [0.25, 0.3) is 0 Å². The summed E-state index contributed by atoms with van der Waals surface area (Å²) < 4.78 is 16.8. The van der Waals surface area contributed by atoms with Crippen LogP contribution in [-0.4, -0.2) is 37.2 Å². The monoisotopic (exact) mass is 1120 g/mol. The van der Waals surface area contributed by atoms with Gasteiger partial charge < -0.3 is 14.2 Å². The van der Waals surface area contributed by atoms with E-state index in [0.29, 0.717) is 12.8 Å². The van der Waals surface area contributed by atoms with Crippen LogP contribution in [0.3, 0.4) is 0 Å². The lowest BCUT2D eigenvalue weighted by atomic mass is 10.0. The highest BCUT2D eigenvalue weighted by atomic mass is 16.6. The maximum atomic E-state index is 12.9. The Morgan fingerprint density at radius 3 is 0.864 bits per heavy atom. The fourth-order valence-electron chi connectivity index (χ4n) is 9.19. The van der Waals surface area contributed by atoms with Crippen LogP contribution in [0.25, 0.3) is 0 Å². The highest BCUT2D eigenvalue weighted by Gasteiger charge is 2.19. The van der Waals surface area contributed by atoms with Crippen molar-refractivity contribution in [1.29, 1.82) is 0 Å². The van der Waals surface area contributed by atoms with Crippen molar-refractivity contribution in [1.82, 2.24) is 0 Å². The van der Waals surface area contributed by atoms with Crippen LogP contribution >= 0.6 is 0 Å². The third kappa shape index (κ3) is 66.2. The molecule has 0 rings (SSSR count). The van der Waals surface area contributed by atoms with Crippen molar-refractivity contribution in [2.24, 2.45) is 0 Å². The number of esters is 3. The number of carbonyl (C=O) groups is 3. The van der Waals surface area contributed by atoms with Crippen molar-refractivity contribution in [2.75, 3.05) is 13.2 Å². The van der Waals surface area contributed by atoms with Crippen molar-refractivity contribution in [2.45, 2.75) is 309 Å². The zero-order valence-electron chi connectivity index (χ0n) is 52.8. The van der Waals surface area contributed by atoms with E-state index in [4.69, 9.17) is 14.2 Å². The van der Waals surface area contributed by atoms with Crippen LogP contribution in [0.2, 0.25) is 0 Å². The van der Waals surface area contributed by atoms with Crippen molar-refractivity contribution in [3.63, 3.8) is 0 Å². The van der Waals surface area contributed by atoms with Crippen LogP contribution in [0, 0.1) is 0 Å².